The van der Waals surface area contributed by atoms with Crippen molar-refractivity contribution in [1.82, 2.24) is 9.62 Å². The second-order valence-corrected chi connectivity index (χ2v) is 8.30. The van der Waals surface area contributed by atoms with Gasteiger partial charge in [0.05, 0.1) is 9.37 Å². The molecule has 0 saturated carbocycles. The Morgan fingerprint density at radius 2 is 1.95 bits per heavy atom. The zero-order valence-corrected chi connectivity index (χ0v) is 15.1. The van der Waals surface area contributed by atoms with E-state index >= 15 is 0 Å². The van der Waals surface area contributed by atoms with Crippen LogP contribution in [0, 0.1) is 11.7 Å². The van der Waals surface area contributed by atoms with Crippen LogP contribution in [-0.4, -0.2) is 40.0 Å². The van der Waals surface area contributed by atoms with Gasteiger partial charge in [-0.1, -0.05) is 13.8 Å². The van der Waals surface area contributed by atoms with Crippen LogP contribution < -0.4 is 4.72 Å². The number of benzene rings is 1. The molecule has 7 heteroatoms. The SMILES string of the molecule is CC(C)CC(CNS(=O)(=O)c1ccc(Br)c(F)c1)N(C)C. The van der Waals surface area contributed by atoms with Crippen LogP contribution in [0.5, 0.6) is 0 Å². The van der Waals surface area contributed by atoms with Crippen LogP contribution in [0.25, 0.3) is 0 Å². The monoisotopic (exact) mass is 380 g/mol. The molecule has 0 fully saturated rings. The van der Waals surface area contributed by atoms with Gasteiger partial charge in [-0.05, 0) is 60.6 Å². The van der Waals surface area contributed by atoms with Gasteiger partial charge in [0, 0.05) is 12.6 Å². The van der Waals surface area contributed by atoms with E-state index in [1.165, 1.54) is 12.1 Å². The Labute approximate surface area is 134 Å². The highest BCUT2D eigenvalue weighted by Crippen LogP contribution is 2.19. The zero-order valence-electron chi connectivity index (χ0n) is 12.7. The van der Waals surface area contributed by atoms with Gasteiger partial charge in [-0.2, -0.15) is 0 Å². The van der Waals surface area contributed by atoms with Crippen LogP contribution in [0.4, 0.5) is 4.39 Å². The van der Waals surface area contributed by atoms with Gasteiger partial charge in [-0.25, -0.2) is 17.5 Å². The summed E-state index contributed by atoms with van der Waals surface area (Å²) in [4.78, 5) is 1.93. The summed E-state index contributed by atoms with van der Waals surface area (Å²) >= 11 is 3.01. The summed E-state index contributed by atoms with van der Waals surface area (Å²) in [6.07, 6.45) is 0.879. The molecule has 1 aromatic rings. The van der Waals surface area contributed by atoms with Gasteiger partial charge in [0.15, 0.2) is 0 Å². The lowest BCUT2D eigenvalue weighted by atomic mass is 10.0. The lowest BCUT2D eigenvalue weighted by Gasteiger charge is -2.26. The fourth-order valence-corrected chi connectivity index (χ4v) is 3.29. The lowest BCUT2D eigenvalue weighted by Crippen LogP contribution is -2.41. The molecular weight excluding hydrogens is 359 g/mol. The number of hydrogen-bond acceptors (Lipinski definition) is 3. The second kappa shape index (κ2) is 7.67. The molecule has 0 aliphatic rings. The van der Waals surface area contributed by atoms with E-state index in [-0.39, 0.29) is 15.4 Å². The molecule has 1 unspecified atom stereocenters. The number of nitrogens with zero attached hydrogens (tertiary/aromatic N) is 1. The minimum absolute atomic E-state index is 0.0646. The largest absolute Gasteiger partial charge is 0.305 e. The maximum absolute atomic E-state index is 13.5. The number of rotatable bonds is 7. The summed E-state index contributed by atoms with van der Waals surface area (Å²) in [6, 6.07) is 3.88. The van der Waals surface area contributed by atoms with Crippen molar-refractivity contribution in [3.8, 4) is 0 Å². The summed E-state index contributed by atoms with van der Waals surface area (Å²) in [5.74, 6) is -0.128. The van der Waals surface area contributed by atoms with Crippen LogP contribution >= 0.6 is 15.9 Å². The fourth-order valence-electron chi connectivity index (χ4n) is 1.95. The minimum Gasteiger partial charge on any atom is -0.305 e. The van der Waals surface area contributed by atoms with Crippen molar-refractivity contribution in [3.63, 3.8) is 0 Å². The first-order valence-electron chi connectivity index (χ1n) is 6.74. The van der Waals surface area contributed by atoms with Gasteiger partial charge in [0.2, 0.25) is 10.0 Å². The highest BCUT2D eigenvalue weighted by Gasteiger charge is 2.20. The molecule has 21 heavy (non-hydrogen) atoms. The summed E-state index contributed by atoms with van der Waals surface area (Å²) in [5.41, 5.74) is 0. The van der Waals surface area contributed by atoms with Crippen LogP contribution in [0.2, 0.25) is 0 Å². The maximum atomic E-state index is 13.5. The number of sulfonamides is 1. The van der Waals surface area contributed by atoms with Gasteiger partial charge in [0.25, 0.3) is 0 Å². The molecule has 0 aromatic heterocycles. The molecular formula is C14H22BrFN2O2S. The van der Waals surface area contributed by atoms with Crippen molar-refractivity contribution < 1.29 is 12.8 Å². The third-order valence-electron chi connectivity index (χ3n) is 3.18. The lowest BCUT2D eigenvalue weighted by molar-refractivity contribution is 0.255. The first kappa shape index (κ1) is 18.5. The van der Waals surface area contributed by atoms with Gasteiger partial charge in [-0.15, -0.1) is 0 Å². The number of hydrogen-bond donors (Lipinski definition) is 1. The van der Waals surface area contributed by atoms with Crippen molar-refractivity contribution in [2.75, 3.05) is 20.6 Å². The molecule has 1 rings (SSSR count). The summed E-state index contributed by atoms with van der Waals surface area (Å²) < 4.78 is 40.7. The molecule has 1 N–H and O–H groups in total. The third-order valence-corrected chi connectivity index (χ3v) is 5.25. The van der Waals surface area contributed by atoms with E-state index in [4.69, 9.17) is 0 Å². The minimum atomic E-state index is -3.70. The van der Waals surface area contributed by atoms with E-state index < -0.39 is 15.8 Å². The topological polar surface area (TPSA) is 49.4 Å². The molecule has 0 aliphatic heterocycles. The Balaban J connectivity index is 2.82. The molecule has 1 atom stereocenters. The maximum Gasteiger partial charge on any atom is 0.240 e. The standard InChI is InChI=1S/C14H22BrFN2O2S/c1-10(2)7-11(18(3)4)9-17-21(19,20)12-5-6-13(15)14(16)8-12/h5-6,8,10-11,17H,7,9H2,1-4H3. The molecule has 1 aromatic carbocycles. The van der Waals surface area contributed by atoms with Crippen LogP contribution in [-0.2, 0) is 10.0 Å². The molecule has 0 heterocycles. The van der Waals surface area contributed by atoms with Gasteiger partial charge >= 0.3 is 0 Å². The predicted molar refractivity (Wildman–Crippen MR) is 86.2 cm³/mol. The van der Waals surface area contributed by atoms with Gasteiger partial charge < -0.3 is 4.90 Å². The number of likely N-dealkylation sites (N-methyl/N-ethyl adjacent to an activating group) is 1. The van der Waals surface area contributed by atoms with Crippen molar-refractivity contribution in [2.45, 2.75) is 31.2 Å². The number of nitrogens with one attached hydrogen (secondary N) is 1. The predicted octanol–water partition coefficient (Wildman–Crippen LogP) is 2.84. The summed E-state index contributed by atoms with van der Waals surface area (Å²) in [6.45, 7) is 4.48. The Morgan fingerprint density at radius 1 is 1.33 bits per heavy atom. The zero-order chi connectivity index (χ0) is 16.2. The number of halogens is 2. The van der Waals surface area contributed by atoms with E-state index in [1.54, 1.807) is 0 Å². The smallest absolute Gasteiger partial charge is 0.240 e. The molecule has 0 spiro atoms. The van der Waals surface area contributed by atoms with Crippen molar-refractivity contribution in [3.05, 3.63) is 28.5 Å². The average Bonchev–Trinajstić information content (AvgIpc) is 2.37. The van der Waals surface area contributed by atoms with Crippen molar-refractivity contribution in [1.29, 1.82) is 0 Å². The normalized spacial score (nSPS) is 13.9. The summed E-state index contributed by atoms with van der Waals surface area (Å²) in [5, 5.41) is 0. The third kappa shape index (κ3) is 5.65. The van der Waals surface area contributed by atoms with E-state index in [0.717, 1.165) is 12.5 Å². The molecule has 0 saturated heterocycles. The Bertz CT molecular complexity index is 576. The first-order chi connectivity index (χ1) is 9.63. The van der Waals surface area contributed by atoms with Crippen LogP contribution in [0.3, 0.4) is 0 Å². The molecule has 0 radical (unpaired) electrons. The highest BCUT2D eigenvalue weighted by atomic mass is 79.9. The van der Waals surface area contributed by atoms with Crippen molar-refractivity contribution >= 4 is 26.0 Å². The fraction of sp³-hybridized carbons (Fsp3) is 0.571. The van der Waals surface area contributed by atoms with Gasteiger partial charge in [0.1, 0.15) is 5.82 Å². The Hall–Kier alpha value is -0.500. The highest BCUT2D eigenvalue weighted by molar-refractivity contribution is 9.10. The average molecular weight is 381 g/mol. The quantitative estimate of drug-likeness (QED) is 0.790. The molecule has 120 valence electrons. The van der Waals surface area contributed by atoms with E-state index in [0.29, 0.717) is 12.5 Å². The van der Waals surface area contributed by atoms with E-state index in [1.807, 2.05) is 19.0 Å². The molecule has 0 bridgehead atoms. The van der Waals surface area contributed by atoms with Crippen molar-refractivity contribution in [2.24, 2.45) is 5.92 Å². The Kier molecular flexibility index (Phi) is 6.77. The second-order valence-electron chi connectivity index (χ2n) is 5.67. The van der Waals surface area contributed by atoms with E-state index in [9.17, 15) is 12.8 Å². The molecule has 0 aliphatic carbocycles. The van der Waals surface area contributed by atoms with E-state index in [2.05, 4.69) is 34.5 Å². The van der Waals surface area contributed by atoms with Gasteiger partial charge in [-0.3, -0.25) is 0 Å². The first-order valence-corrected chi connectivity index (χ1v) is 9.02. The van der Waals surface area contributed by atoms with Crippen LogP contribution in [0.1, 0.15) is 20.3 Å². The molecule has 4 nitrogen and oxygen atoms in total. The molecule has 0 amide bonds. The van der Waals surface area contributed by atoms with Crippen LogP contribution in [0.15, 0.2) is 27.6 Å². The Morgan fingerprint density at radius 3 is 2.43 bits per heavy atom. The summed E-state index contributed by atoms with van der Waals surface area (Å²) in [7, 11) is 0.133.